The van der Waals surface area contributed by atoms with Crippen molar-refractivity contribution in [3.8, 4) is 5.75 Å². The monoisotopic (exact) mass is 456 g/mol. The van der Waals surface area contributed by atoms with Crippen molar-refractivity contribution < 1.29 is 24.2 Å². The molecule has 0 atom stereocenters. The molecular formula is C28H40O5. The lowest BCUT2D eigenvalue weighted by molar-refractivity contribution is -0.139. The van der Waals surface area contributed by atoms with Gasteiger partial charge in [-0.15, -0.1) is 0 Å². The molecule has 0 radical (unpaired) electrons. The SMILES string of the molecule is C=C(C)C(=O)OCCOc1ccc(C(=O)O)c([C@H]2CC[C@H]([C@H]3CC[C@H](CCC)CC3)CC2)c1. The second-order valence-corrected chi connectivity index (χ2v) is 10.0. The van der Waals surface area contributed by atoms with Crippen molar-refractivity contribution in [1.82, 2.24) is 0 Å². The van der Waals surface area contributed by atoms with Crippen LogP contribution in [0, 0.1) is 17.8 Å². The molecular weight excluding hydrogens is 416 g/mol. The number of esters is 1. The van der Waals surface area contributed by atoms with Crippen LogP contribution in [0.5, 0.6) is 5.75 Å². The summed E-state index contributed by atoms with van der Waals surface area (Å²) in [6.45, 7) is 7.80. The van der Waals surface area contributed by atoms with E-state index in [9.17, 15) is 14.7 Å². The Morgan fingerprint density at radius 3 is 2.21 bits per heavy atom. The molecule has 2 fully saturated rings. The smallest absolute Gasteiger partial charge is 0.335 e. The Balaban J connectivity index is 1.55. The first kappa shape index (κ1) is 25.3. The van der Waals surface area contributed by atoms with Gasteiger partial charge in [-0.2, -0.15) is 0 Å². The zero-order chi connectivity index (χ0) is 23.8. The van der Waals surface area contributed by atoms with Crippen LogP contribution in [0.3, 0.4) is 0 Å². The zero-order valence-corrected chi connectivity index (χ0v) is 20.3. The maximum Gasteiger partial charge on any atom is 0.335 e. The summed E-state index contributed by atoms with van der Waals surface area (Å²) in [5.41, 5.74) is 1.61. The molecule has 0 bridgehead atoms. The molecule has 33 heavy (non-hydrogen) atoms. The van der Waals surface area contributed by atoms with Crippen molar-refractivity contribution in [3.05, 3.63) is 41.5 Å². The lowest BCUT2D eigenvalue weighted by Crippen LogP contribution is -2.25. The van der Waals surface area contributed by atoms with Gasteiger partial charge in [-0.1, -0.05) is 39.2 Å². The van der Waals surface area contributed by atoms with Crippen molar-refractivity contribution in [1.29, 1.82) is 0 Å². The molecule has 1 aromatic carbocycles. The van der Waals surface area contributed by atoms with Crippen molar-refractivity contribution >= 4 is 11.9 Å². The Labute approximate surface area is 198 Å². The number of benzene rings is 1. The van der Waals surface area contributed by atoms with Gasteiger partial charge in [-0.05, 0) is 92.9 Å². The zero-order valence-electron chi connectivity index (χ0n) is 20.3. The number of hydrogen-bond donors (Lipinski definition) is 1. The summed E-state index contributed by atoms with van der Waals surface area (Å²) in [4.78, 5) is 23.3. The average molecular weight is 457 g/mol. The van der Waals surface area contributed by atoms with Crippen molar-refractivity contribution in [2.75, 3.05) is 13.2 Å². The first-order valence-electron chi connectivity index (χ1n) is 12.7. The topological polar surface area (TPSA) is 72.8 Å². The van der Waals surface area contributed by atoms with E-state index < -0.39 is 11.9 Å². The Bertz CT molecular complexity index is 814. The molecule has 1 aromatic rings. The molecule has 0 aliphatic heterocycles. The Kier molecular flexibility index (Phi) is 9.40. The highest BCUT2D eigenvalue weighted by Gasteiger charge is 2.32. The summed E-state index contributed by atoms with van der Waals surface area (Å²) >= 11 is 0. The molecule has 2 aliphatic carbocycles. The number of rotatable bonds is 10. The molecule has 0 saturated heterocycles. The lowest BCUT2D eigenvalue weighted by Gasteiger charge is -2.38. The highest BCUT2D eigenvalue weighted by Crippen LogP contribution is 2.45. The number of carboxylic acid groups (broad SMARTS) is 1. The van der Waals surface area contributed by atoms with Crippen molar-refractivity contribution in [2.24, 2.45) is 17.8 Å². The Morgan fingerprint density at radius 2 is 1.64 bits per heavy atom. The number of carboxylic acids is 1. The van der Waals surface area contributed by atoms with Gasteiger partial charge in [0.1, 0.15) is 19.0 Å². The maximum atomic E-state index is 11.9. The molecule has 0 heterocycles. The van der Waals surface area contributed by atoms with Crippen LogP contribution in [-0.2, 0) is 9.53 Å². The van der Waals surface area contributed by atoms with Gasteiger partial charge in [-0.3, -0.25) is 0 Å². The molecule has 2 aliphatic rings. The minimum atomic E-state index is -0.886. The van der Waals surface area contributed by atoms with Gasteiger partial charge in [0.25, 0.3) is 0 Å². The molecule has 5 nitrogen and oxygen atoms in total. The summed E-state index contributed by atoms with van der Waals surface area (Å²) in [6.07, 6.45) is 12.7. The number of carbonyl (C=O) groups excluding carboxylic acids is 1. The van der Waals surface area contributed by atoms with Crippen LogP contribution in [0.4, 0.5) is 0 Å². The molecule has 0 spiro atoms. The Morgan fingerprint density at radius 1 is 1.00 bits per heavy atom. The summed E-state index contributed by atoms with van der Waals surface area (Å²) in [7, 11) is 0. The largest absolute Gasteiger partial charge is 0.490 e. The van der Waals surface area contributed by atoms with Gasteiger partial charge in [-0.25, -0.2) is 9.59 Å². The van der Waals surface area contributed by atoms with E-state index in [0.29, 0.717) is 16.9 Å². The van der Waals surface area contributed by atoms with E-state index in [1.165, 1.54) is 51.4 Å². The van der Waals surface area contributed by atoms with E-state index in [4.69, 9.17) is 9.47 Å². The number of hydrogen-bond acceptors (Lipinski definition) is 4. The van der Waals surface area contributed by atoms with E-state index in [1.54, 1.807) is 19.1 Å². The predicted octanol–water partition coefficient (Wildman–Crippen LogP) is 6.76. The molecule has 0 unspecified atom stereocenters. The third kappa shape index (κ3) is 7.09. The molecule has 0 aromatic heterocycles. The van der Waals surface area contributed by atoms with Gasteiger partial charge in [0.2, 0.25) is 0 Å². The minimum Gasteiger partial charge on any atom is -0.490 e. The Hall–Kier alpha value is -2.30. The molecule has 3 rings (SSSR count). The number of ether oxygens (including phenoxy) is 2. The van der Waals surface area contributed by atoms with E-state index in [-0.39, 0.29) is 19.1 Å². The highest BCUT2D eigenvalue weighted by atomic mass is 16.6. The molecule has 5 heteroatoms. The standard InChI is InChI=1S/C28H40O5/c1-4-5-20-6-8-21(9-7-20)22-10-12-23(13-11-22)26-18-24(14-15-25(26)27(29)30)32-16-17-33-28(31)19(2)3/h14-15,18,20-23H,2,4-13,16-17H2,1,3H3,(H,29,30)/t20-,21-,22-,23-. The molecule has 2 saturated carbocycles. The second-order valence-electron chi connectivity index (χ2n) is 10.0. The highest BCUT2D eigenvalue weighted by molar-refractivity contribution is 5.90. The average Bonchev–Trinajstić information content (AvgIpc) is 2.82. The van der Waals surface area contributed by atoms with Crippen molar-refractivity contribution in [2.45, 2.75) is 84.0 Å². The van der Waals surface area contributed by atoms with E-state index in [2.05, 4.69) is 13.5 Å². The predicted molar refractivity (Wildman–Crippen MR) is 130 cm³/mol. The molecule has 0 amide bonds. The third-order valence-corrected chi connectivity index (χ3v) is 7.65. The van der Waals surface area contributed by atoms with Crippen LogP contribution in [0.15, 0.2) is 30.4 Å². The first-order valence-corrected chi connectivity index (χ1v) is 12.7. The van der Waals surface area contributed by atoms with E-state index in [1.807, 2.05) is 6.07 Å². The third-order valence-electron chi connectivity index (χ3n) is 7.65. The van der Waals surface area contributed by atoms with Crippen LogP contribution in [0.25, 0.3) is 0 Å². The van der Waals surface area contributed by atoms with E-state index in [0.717, 1.165) is 36.2 Å². The van der Waals surface area contributed by atoms with Crippen LogP contribution in [0.1, 0.15) is 99.9 Å². The quantitative estimate of drug-likeness (QED) is 0.239. The molecule has 182 valence electrons. The second kappa shape index (κ2) is 12.2. The lowest BCUT2D eigenvalue weighted by atomic mass is 9.67. The van der Waals surface area contributed by atoms with E-state index >= 15 is 0 Å². The normalized spacial score (nSPS) is 25.3. The minimum absolute atomic E-state index is 0.132. The van der Waals surface area contributed by atoms with Crippen LogP contribution in [-0.4, -0.2) is 30.3 Å². The maximum absolute atomic E-state index is 11.9. The fourth-order valence-electron chi connectivity index (χ4n) is 5.84. The van der Waals surface area contributed by atoms with Gasteiger partial charge in [0.05, 0.1) is 5.56 Å². The number of aromatic carboxylic acids is 1. The summed E-state index contributed by atoms with van der Waals surface area (Å²) < 4.78 is 10.8. The van der Waals surface area contributed by atoms with Crippen LogP contribution >= 0.6 is 0 Å². The fraction of sp³-hybridized carbons (Fsp3) is 0.643. The van der Waals surface area contributed by atoms with Crippen LogP contribution in [0.2, 0.25) is 0 Å². The molecule has 1 N–H and O–H groups in total. The summed E-state index contributed by atoms with van der Waals surface area (Å²) in [6, 6.07) is 5.22. The first-order chi connectivity index (χ1) is 15.9. The summed E-state index contributed by atoms with van der Waals surface area (Å²) in [5.74, 6) is 2.15. The van der Waals surface area contributed by atoms with Crippen LogP contribution < -0.4 is 4.74 Å². The fourth-order valence-corrected chi connectivity index (χ4v) is 5.84. The summed E-state index contributed by atoms with van der Waals surface area (Å²) in [5, 5.41) is 9.73. The van der Waals surface area contributed by atoms with Gasteiger partial charge < -0.3 is 14.6 Å². The van der Waals surface area contributed by atoms with Gasteiger partial charge in [0.15, 0.2) is 0 Å². The van der Waals surface area contributed by atoms with Gasteiger partial charge >= 0.3 is 11.9 Å². The van der Waals surface area contributed by atoms with Gasteiger partial charge in [0, 0.05) is 5.57 Å². The number of carbonyl (C=O) groups is 2. The van der Waals surface area contributed by atoms with Crippen molar-refractivity contribution in [3.63, 3.8) is 0 Å².